The van der Waals surface area contributed by atoms with Crippen molar-refractivity contribution in [1.82, 2.24) is 4.90 Å². The highest BCUT2D eigenvalue weighted by Gasteiger charge is 2.23. The van der Waals surface area contributed by atoms with E-state index in [0.29, 0.717) is 35.4 Å². The van der Waals surface area contributed by atoms with Gasteiger partial charge in [0.15, 0.2) is 0 Å². The van der Waals surface area contributed by atoms with E-state index in [-0.39, 0.29) is 12.3 Å². The number of piperidine rings is 1. The van der Waals surface area contributed by atoms with E-state index >= 15 is 0 Å². The van der Waals surface area contributed by atoms with E-state index in [1.54, 1.807) is 24.3 Å². The van der Waals surface area contributed by atoms with Gasteiger partial charge in [-0.05, 0) is 79.0 Å². The number of likely N-dealkylation sites (tertiary alicyclic amines) is 1. The highest BCUT2D eigenvalue weighted by Crippen LogP contribution is 2.26. The molecule has 1 amide bonds. The molecule has 0 aromatic heterocycles. The van der Waals surface area contributed by atoms with E-state index in [1.807, 2.05) is 48.5 Å². The second-order valence-electron chi connectivity index (χ2n) is 10.4. The van der Waals surface area contributed by atoms with Gasteiger partial charge in [0.25, 0.3) is 0 Å². The first-order valence-corrected chi connectivity index (χ1v) is 14.3. The molecular weight excluding hydrogens is 528 g/mol. The molecule has 0 spiro atoms. The molecule has 216 valence electrons. The number of ether oxygens (including phenoxy) is 3. The Morgan fingerprint density at radius 1 is 0.786 bits per heavy atom. The van der Waals surface area contributed by atoms with Crippen LogP contribution in [0.3, 0.4) is 0 Å². The van der Waals surface area contributed by atoms with Crippen LogP contribution in [0, 0.1) is 0 Å². The Kier molecular flexibility index (Phi) is 9.86. The third-order valence-electron chi connectivity index (χ3n) is 7.37. The predicted octanol–water partition coefficient (Wildman–Crippen LogP) is 6.88. The second-order valence-corrected chi connectivity index (χ2v) is 10.4. The van der Waals surface area contributed by atoms with Crippen molar-refractivity contribution in [1.29, 1.82) is 0 Å². The van der Waals surface area contributed by atoms with Crippen molar-refractivity contribution in [3.63, 3.8) is 0 Å². The molecule has 0 bridgehead atoms. The molecule has 4 aromatic carbocycles. The summed E-state index contributed by atoms with van der Waals surface area (Å²) in [4.78, 5) is 27.1. The lowest BCUT2D eigenvalue weighted by Crippen LogP contribution is -2.42. The Morgan fingerprint density at radius 3 is 2.19 bits per heavy atom. The fourth-order valence-corrected chi connectivity index (χ4v) is 5.14. The highest BCUT2D eigenvalue weighted by molar-refractivity contribution is 6.01. The molecule has 0 saturated carbocycles. The molecule has 1 unspecified atom stereocenters. The van der Waals surface area contributed by atoms with E-state index in [4.69, 9.17) is 14.2 Å². The molecule has 0 radical (unpaired) electrons. The Balaban J connectivity index is 1.10. The number of nitrogens with one attached hydrogen (secondary N) is 1. The van der Waals surface area contributed by atoms with Crippen molar-refractivity contribution in [3.8, 4) is 17.2 Å². The molecule has 1 aliphatic heterocycles. The number of anilines is 1. The molecular formula is C35H36N2O5. The molecule has 4 aromatic rings. The summed E-state index contributed by atoms with van der Waals surface area (Å²) < 4.78 is 17.0. The van der Waals surface area contributed by atoms with E-state index in [0.717, 1.165) is 30.8 Å². The number of benzene rings is 4. The van der Waals surface area contributed by atoms with Crippen LogP contribution < -0.4 is 14.8 Å². The minimum atomic E-state index is -0.498. The number of carbonyl (C=O) groups excluding carboxylic acids is 2. The van der Waals surface area contributed by atoms with Gasteiger partial charge in [0.05, 0.1) is 24.8 Å². The van der Waals surface area contributed by atoms with Crippen LogP contribution in [-0.4, -0.2) is 43.1 Å². The van der Waals surface area contributed by atoms with Gasteiger partial charge in [0.2, 0.25) is 5.91 Å². The predicted molar refractivity (Wildman–Crippen MR) is 163 cm³/mol. The summed E-state index contributed by atoms with van der Waals surface area (Å²) in [6, 6.07) is 32.8. The maximum absolute atomic E-state index is 12.6. The Labute approximate surface area is 247 Å². The fourth-order valence-electron chi connectivity index (χ4n) is 5.14. The molecule has 42 heavy (non-hydrogen) atoms. The van der Waals surface area contributed by atoms with Crippen molar-refractivity contribution in [2.24, 2.45) is 0 Å². The summed E-state index contributed by atoms with van der Waals surface area (Å²) in [5, 5.41) is 2.79. The molecule has 5 rings (SSSR count). The first kappa shape index (κ1) is 28.9. The number of nitrogens with zero attached hydrogens (tertiary/aromatic N) is 1. The van der Waals surface area contributed by atoms with Crippen LogP contribution >= 0.6 is 0 Å². The lowest BCUT2D eigenvalue weighted by atomic mass is 10.0. The van der Waals surface area contributed by atoms with Crippen molar-refractivity contribution < 1.29 is 23.8 Å². The number of hydrogen-bond donors (Lipinski definition) is 1. The number of carbonyl (C=O) groups is 2. The zero-order chi connectivity index (χ0) is 29.1. The topological polar surface area (TPSA) is 77.1 Å². The fraction of sp³-hybridized carbons (Fsp3) is 0.257. The molecule has 1 heterocycles. The minimum absolute atomic E-state index is 0.158. The van der Waals surface area contributed by atoms with Crippen LogP contribution in [0.2, 0.25) is 0 Å². The van der Waals surface area contributed by atoms with E-state index in [9.17, 15) is 9.59 Å². The van der Waals surface area contributed by atoms with Gasteiger partial charge in [0, 0.05) is 12.6 Å². The molecule has 1 fully saturated rings. The van der Waals surface area contributed by atoms with Crippen LogP contribution in [0.25, 0.3) is 0 Å². The zero-order valence-corrected chi connectivity index (χ0v) is 23.8. The summed E-state index contributed by atoms with van der Waals surface area (Å²) in [7, 11) is 1.31. The summed E-state index contributed by atoms with van der Waals surface area (Å²) in [5.41, 5.74) is 2.89. The lowest BCUT2D eigenvalue weighted by Gasteiger charge is -2.35. The number of rotatable bonds is 11. The molecule has 1 atom stereocenters. The lowest BCUT2D eigenvalue weighted by molar-refractivity contribution is -0.115. The van der Waals surface area contributed by atoms with E-state index in [2.05, 4.69) is 40.5 Å². The van der Waals surface area contributed by atoms with Gasteiger partial charge in [-0.1, -0.05) is 61.0 Å². The third kappa shape index (κ3) is 7.98. The smallest absolute Gasteiger partial charge is 0.339 e. The van der Waals surface area contributed by atoms with Crippen molar-refractivity contribution in [2.75, 3.05) is 25.6 Å². The third-order valence-corrected chi connectivity index (χ3v) is 7.37. The molecule has 0 aliphatic carbocycles. The maximum atomic E-state index is 12.6. The SMILES string of the molecule is COC(=O)c1ccccc1NC(=O)Cc1ccc(Oc2ccc(OCC3CCCCN3Cc3ccccc3)cc2)cc1. The molecule has 1 saturated heterocycles. The summed E-state index contributed by atoms with van der Waals surface area (Å²) in [6.45, 7) is 2.72. The molecule has 7 heteroatoms. The zero-order valence-electron chi connectivity index (χ0n) is 23.8. The van der Waals surface area contributed by atoms with Crippen LogP contribution in [0.5, 0.6) is 17.2 Å². The van der Waals surface area contributed by atoms with E-state index < -0.39 is 5.97 Å². The minimum Gasteiger partial charge on any atom is -0.492 e. The highest BCUT2D eigenvalue weighted by atomic mass is 16.5. The van der Waals surface area contributed by atoms with Crippen LogP contribution in [0.4, 0.5) is 5.69 Å². The second kappa shape index (κ2) is 14.3. The van der Waals surface area contributed by atoms with Gasteiger partial charge >= 0.3 is 5.97 Å². The Morgan fingerprint density at radius 2 is 1.45 bits per heavy atom. The first-order valence-electron chi connectivity index (χ1n) is 14.3. The average Bonchev–Trinajstić information content (AvgIpc) is 3.02. The number of methoxy groups -OCH3 is 1. The Hall–Kier alpha value is -4.62. The molecule has 1 N–H and O–H groups in total. The average molecular weight is 565 g/mol. The van der Waals surface area contributed by atoms with E-state index in [1.165, 1.54) is 25.5 Å². The maximum Gasteiger partial charge on any atom is 0.339 e. The number of amides is 1. The van der Waals surface area contributed by atoms with Crippen LogP contribution in [0.15, 0.2) is 103 Å². The van der Waals surface area contributed by atoms with Gasteiger partial charge in [0.1, 0.15) is 23.9 Å². The summed E-state index contributed by atoms with van der Waals surface area (Å²) >= 11 is 0. The molecule has 7 nitrogen and oxygen atoms in total. The number of hydrogen-bond acceptors (Lipinski definition) is 6. The monoisotopic (exact) mass is 564 g/mol. The van der Waals surface area contributed by atoms with Gasteiger partial charge in [-0.3, -0.25) is 9.69 Å². The normalized spacial score (nSPS) is 15.0. The quantitative estimate of drug-likeness (QED) is 0.200. The van der Waals surface area contributed by atoms with Crippen LogP contribution in [0.1, 0.15) is 40.7 Å². The number of esters is 1. The Bertz CT molecular complexity index is 1460. The van der Waals surface area contributed by atoms with Crippen molar-refractivity contribution in [2.45, 2.75) is 38.3 Å². The van der Waals surface area contributed by atoms with Gasteiger partial charge in [-0.2, -0.15) is 0 Å². The summed E-state index contributed by atoms with van der Waals surface area (Å²) in [6.07, 6.45) is 3.77. The van der Waals surface area contributed by atoms with Gasteiger partial charge in [-0.25, -0.2) is 4.79 Å². The number of para-hydroxylation sites is 1. The van der Waals surface area contributed by atoms with Crippen LogP contribution in [-0.2, 0) is 22.5 Å². The first-order chi connectivity index (χ1) is 20.6. The van der Waals surface area contributed by atoms with Crippen molar-refractivity contribution in [3.05, 3.63) is 120 Å². The van der Waals surface area contributed by atoms with Gasteiger partial charge < -0.3 is 19.5 Å². The summed E-state index contributed by atoms with van der Waals surface area (Å²) in [5.74, 6) is 1.47. The van der Waals surface area contributed by atoms with Crippen molar-refractivity contribution >= 4 is 17.6 Å². The standard InChI is InChI=1S/C35H36N2O5/c1-40-35(39)32-12-5-6-13-33(32)36-34(38)23-26-14-16-30(17-15-26)42-31-20-18-29(19-21-31)41-25-28-11-7-8-22-37(28)24-27-9-3-2-4-10-27/h2-6,9-10,12-21,28H,7-8,11,22-25H2,1H3,(H,36,38). The largest absolute Gasteiger partial charge is 0.492 e. The molecule has 1 aliphatic rings. The van der Waals surface area contributed by atoms with Gasteiger partial charge in [-0.15, -0.1) is 0 Å².